The number of unbranched alkanes of at least 4 members (excludes halogenated alkanes) is 3. The highest BCUT2D eigenvalue weighted by molar-refractivity contribution is 5.80. The molecule has 1 aromatic rings. The number of benzene rings is 1. The number of hydrogen-bond acceptors (Lipinski definition) is 4. The first kappa shape index (κ1) is 16.6. The molecule has 1 aliphatic rings. The van der Waals surface area contributed by atoms with Crippen LogP contribution >= 0.6 is 0 Å². The SMILES string of the molecule is CCCCCC[C@@H]1CC(=O)C[C@H](c2ccc([N+](=O)[O-])cc2)O1. The van der Waals surface area contributed by atoms with Crippen molar-refractivity contribution in [1.29, 1.82) is 0 Å². The Hall–Kier alpha value is -1.75. The third kappa shape index (κ3) is 4.63. The zero-order valence-corrected chi connectivity index (χ0v) is 13.0. The molecule has 0 N–H and O–H groups in total. The van der Waals surface area contributed by atoms with E-state index in [1.54, 1.807) is 12.1 Å². The van der Waals surface area contributed by atoms with Gasteiger partial charge in [0.1, 0.15) is 5.78 Å². The summed E-state index contributed by atoms with van der Waals surface area (Å²) in [5.74, 6) is 0.218. The Bertz CT molecular complexity index is 512. The third-order valence-electron chi connectivity index (χ3n) is 4.08. The number of nitrogens with zero attached hydrogens (tertiary/aromatic N) is 1. The van der Waals surface area contributed by atoms with Gasteiger partial charge >= 0.3 is 0 Å². The number of non-ortho nitro benzene ring substituents is 1. The molecule has 1 aliphatic heterocycles. The average Bonchev–Trinajstić information content (AvgIpc) is 2.51. The van der Waals surface area contributed by atoms with Crippen LogP contribution in [0.4, 0.5) is 5.69 Å². The van der Waals surface area contributed by atoms with Gasteiger partial charge in [0.15, 0.2) is 0 Å². The zero-order valence-electron chi connectivity index (χ0n) is 13.0. The lowest BCUT2D eigenvalue weighted by atomic mass is 9.95. The summed E-state index contributed by atoms with van der Waals surface area (Å²) in [4.78, 5) is 22.2. The van der Waals surface area contributed by atoms with Crippen molar-refractivity contribution in [3.63, 3.8) is 0 Å². The number of nitro benzene ring substituents is 1. The molecule has 0 aromatic heterocycles. The lowest BCUT2D eigenvalue weighted by Gasteiger charge is -2.29. The highest BCUT2D eigenvalue weighted by Gasteiger charge is 2.28. The molecule has 5 heteroatoms. The molecule has 0 radical (unpaired) electrons. The van der Waals surface area contributed by atoms with Crippen LogP contribution in [0.15, 0.2) is 24.3 Å². The van der Waals surface area contributed by atoms with Gasteiger partial charge in [0, 0.05) is 25.0 Å². The number of nitro groups is 1. The summed E-state index contributed by atoms with van der Waals surface area (Å²) in [6.07, 6.45) is 6.15. The minimum atomic E-state index is -0.423. The van der Waals surface area contributed by atoms with Gasteiger partial charge < -0.3 is 4.74 Å². The second-order valence-corrected chi connectivity index (χ2v) is 5.89. The van der Waals surface area contributed by atoms with Crippen molar-refractivity contribution >= 4 is 11.5 Å². The van der Waals surface area contributed by atoms with Crippen molar-refractivity contribution < 1.29 is 14.5 Å². The van der Waals surface area contributed by atoms with Crippen LogP contribution in [0.2, 0.25) is 0 Å². The van der Waals surface area contributed by atoms with Crippen LogP contribution in [0.1, 0.15) is 63.5 Å². The van der Waals surface area contributed by atoms with Crippen LogP contribution in [-0.2, 0) is 9.53 Å². The van der Waals surface area contributed by atoms with Crippen molar-refractivity contribution in [2.75, 3.05) is 0 Å². The highest BCUT2D eigenvalue weighted by atomic mass is 16.6. The summed E-state index contributed by atoms with van der Waals surface area (Å²) in [5, 5.41) is 10.7. The van der Waals surface area contributed by atoms with Crippen LogP contribution < -0.4 is 0 Å². The summed E-state index contributed by atoms with van der Waals surface area (Å²) < 4.78 is 6.03. The first-order valence-corrected chi connectivity index (χ1v) is 8.01. The minimum Gasteiger partial charge on any atom is -0.369 e. The molecule has 1 aromatic carbocycles. The van der Waals surface area contributed by atoms with Crippen LogP contribution in [0.25, 0.3) is 0 Å². The predicted octanol–water partition coefficient (Wildman–Crippen LogP) is 4.35. The lowest BCUT2D eigenvalue weighted by molar-refractivity contribution is -0.384. The fourth-order valence-corrected chi connectivity index (χ4v) is 2.85. The van der Waals surface area contributed by atoms with E-state index in [0.29, 0.717) is 12.8 Å². The fourth-order valence-electron chi connectivity index (χ4n) is 2.85. The number of carbonyl (C=O) groups is 1. The molecule has 2 atom stereocenters. The Morgan fingerprint density at radius 1 is 1.18 bits per heavy atom. The van der Waals surface area contributed by atoms with E-state index in [0.717, 1.165) is 18.4 Å². The smallest absolute Gasteiger partial charge is 0.269 e. The number of ketones is 1. The topological polar surface area (TPSA) is 69.4 Å². The summed E-state index contributed by atoms with van der Waals surface area (Å²) in [7, 11) is 0. The second kappa shape index (κ2) is 8.03. The van der Waals surface area contributed by atoms with Gasteiger partial charge in [-0.05, 0) is 24.1 Å². The summed E-state index contributed by atoms with van der Waals surface area (Å²) in [6.45, 7) is 2.17. The quantitative estimate of drug-likeness (QED) is 0.426. The van der Waals surface area contributed by atoms with Gasteiger partial charge in [-0.15, -0.1) is 0 Å². The summed E-state index contributed by atoms with van der Waals surface area (Å²) in [6, 6.07) is 6.31. The first-order valence-electron chi connectivity index (χ1n) is 8.01. The van der Waals surface area contributed by atoms with Gasteiger partial charge in [-0.3, -0.25) is 14.9 Å². The molecule has 5 nitrogen and oxygen atoms in total. The van der Waals surface area contributed by atoms with E-state index in [-0.39, 0.29) is 23.7 Å². The van der Waals surface area contributed by atoms with E-state index >= 15 is 0 Å². The molecule has 1 heterocycles. The first-order chi connectivity index (χ1) is 10.6. The van der Waals surface area contributed by atoms with Crippen LogP contribution in [-0.4, -0.2) is 16.8 Å². The van der Waals surface area contributed by atoms with E-state index in [1.165, 1.54) is 31.4 Å². The van der Waals surface area contributed by atoms with Crippen molar-refractivity contribution in [3.05, 3.63) is 39.9 Å². The van der Waals surface area contributed by atoms with Crippen LogP contribution in [0.3, 0.4) is 0 Å². The Balaban J connectivity index is 1.95. The van der Waals surface area contributed by atoms with Crippen molar-refractivity contribution in [1.82, 2.24) is 0 Å². The van der Waals surface area contributed by atoms with E-state index in [4.69, 9.17) is 4.74 Å². The Kier molecular flexibility index (Phi) is 6.07. The van der Waals surface area contributed by atoms with E-state index in [2.05, 4.69) is 6.92 Å². The van der Waals surface area contributed by atoms with Gasteiger partial charge in [-0.1, -0.05) is 32.6 Å². The highest BCUT2D eigenvalue weighted by Crippen LogP contribution is 2.32. The summed E-state index contributed by atoms with van der Waals surface area (Å²) in [5.41, 5.74) is 0.902. The number of hydrogen-bond donors (Lipinski definition) is 0. The number of Topliss-reactive ketones (excluding diaryl/α,β-unsaturated/α-hetero) is 1. The number of ether oxygens (including phenoxy) is 1. The molecule has 2 rings (SSSR count). The third-order valence-corrected chi connectivity index (χ3v) is 4.08. The lowest BCUT2D eigenvalue weighted by Crippen LogP contribution is -2.28. The predicted molar refractivity (Wildman–Crippen MR) is 83.7 cm³/mol. The van der Waals surface area contributed by atoms with Gasteiger partial charge in [-0.25, -0.2) is 0 Å². The molecule has 0 saturated carbocycles. The molecule has 0 bridgehead atoms. The maximum atomic E-state index is 11.9. The molecule has 0 aliphatic carbocycles. The monoisotopic (exact) mass is 305 g/mol. The Labute approximate surface area is 130 Å². The van der Waals surface area contributed by atoms with Gasteiger partial charge in [-0.2, -0.15) is 0 Å². The minimum absolute atomic E-state index is 0.0155. The molecule has 1 fully saturated rings. The van der Waals surface area contributed by atoms with Gasteiger partial charge in [0.2, 0.25) is 0 Å². The maximum absolute atomic E-state index is 11.9. The molecular formula is C17H23NO4. The molecule has 120 valence electrons. The van der Waals surface area contributed by atoms with Crippen molar-refractivity contribution in [3.8, 4) is 0 Å². The Morgan fingerprint density at radius 3 is 2.55 bits per heavy atom. The second-order valence-electron chi connectivity index (χ2n) is 5.89. The van der Waals surface area contributed by atoms with E-state index < -0.39 is 4.92 Å². The van der Waals surface area contributed by atoms with Crippen LogP contribution in [0.5, 0.6) is 0 Å². The van der Waals surface area contributed by atoms with Gasteiger partial charge in [0.05, 0.1) is 17.1 Å². The molecule has 0 amide bonds. The molecular weight excluding hydrogens is 282 g/mol. The number of carbonyl (C=O) groups excluding carboxylic acids is 1. The molecule has 1 saturated heterocycles. The van der Waals surface area contributed by atoms with Gasteiger partial charge in [0.25, 0.3) is 5.69 Å². The molecule has 22 heavy (non-hydrogen) atoms. The maximum Gasteiger partial charge on any atom is 0.269 e. The average molecular weight is 305 g/mol. The fraction of sp³-hybridized carbons (Fsp3) is 0.588. The molecule has 0 unspecified atom stereocenters. The summed E-state index contributed by atoms with van der Waals surface area (Å²) >= 11 is 0. The largest absolute Gasteiger partial charge is 0.369 e. The normalized spacial score (nSPS) is 21.8. The van der Waals surface area contributed by atoms with Crippen molar-refractivity contribution in [2.24, 2.45) is 0 Å². The zero-order chi connectivity index (χ0) is 15.9. The van der Waals surface area contributed by atoms with E-state index in [9.17, 15) is 14.9 Å². The standard InChI is InChI=1S/C17H23NO4/c1-2-3-4-5-6-16-11-15(19)12-17(22-16)13-7-9-14(10-8-13)18(20)21/h7-10,16-17H,2-6,11-12H2,1H3/t16-,17-/m1/s1. The Morgan fingerprint density at radius 2 is 1.91 bits per heavy atom. The molecule has 0 spiro atoms. The van der Waals surface area contributed by atoms with Crippen LogP contribution in [0, 0.1) is 10.1 Å². The van der Waals surface area contributed by atoms with Crippen molar-refractivity contribution in [2.45, 2.75) is 64.1 Å². The number of rotatable bonds is 7. The van der Waals surface area contributed by atoms with E-state index in [1.807, 2.05) is 0 Å².